The van der Waals surface area contributed by atoms with E-state index in [4.69, 9.17) is 24.9 Å². The molecule has 30 heavy (non-hydrogen) atoms. The molecule has 170 valence electrons. The van der Waals surface area contributed by atoms with Crippen molar-refractivity contribution in [3.63, 3.8) is 0 Å². The molecular weight excluding hydrogens is 495 g/mol. The number of guanidine groups is 1. The van der Waals surface area contributed by atoms with Crippen LogP contribution in [0, 0.1) is 0 Å². The van der Waals surface area contributed by atoms with Crippen LogP contribution in [0.2, 0.25) is 0 Å². The van der Waals surface area contributed by atoms with Gasteiger partial charge in [0.1, 0.15) is 5.75 Å². The molecule has 1 aromatic rings. The predicted octanol–water partition coefficient (Wildman–Crippen LogP) is 2.38. The molecule has 2 fully saturated rings. The highest BCUT2D eigenvalue weighted by Gasteiger charge is 2.34. The minimum Gasteiger partial charge on any atom is -0.494 e. The van der Waals surface area contributed by atoms with Crippen molar-refractivity contribution in [2.24, 2.45) is 10.7 Å². The van der Waals surface area contributed by atoms with E-state index in [2.05, 4.69) is 22.3 Å². The highest BCUT2D eigenvalue weighted by molar-refractivity contribution is 14.0. The van der Waals surface area contributed by atoms with Crippen LogP contribution in [0.5, 0.6) is 5.75 Å². The van der Waals surface area contributed by atoms with E-state index in [0.29, 0.717) is 19.1 Å². The first-order chi connectivity index (χ1) is 14.2. The zero-order chi connectivity index (χ0) is 20.4. The molecule has 0 aromatic heterocycles. The molecule has 3 rings (SSSR count). The third kappa shape index (κ3) is 7.55. The number of halogens is 1. The zero-order valence-corrected chi connectivity index (χ0v) is 20.4. The summed E-state index contributed by atoms with van der Waals surface area (Å²) in [7, 11) is 0. The Balaban J connectivity index is 0.00000320. The SMILES string of the molecule is CCOc1ccc(C2(CN=C(N)NCCCN3CCOCC3)CCOCC2)cc1.I. The normalized spacial score (nSPS) is 19.7. The fraction of sp³-hybridized carbons (Fsp3) is 0.682. The van der Waals surface area contributed by atoms with Gasteiger partial charge < -0.3 is 25.3 Å². The number of nitrogens with one attached hydrogen (secondary N) is 1. The van der Waals surface area contributed by atoms with Crippen molar-refractivity contribution in [2.75, 3.05) is 65.8 Å². The summed E-state index contributed by atoms with van der Waals surface area (Å²) >= 11 is 0. The van der Waals surface area contributed by atoms with Gasteiger partial charge in [-0.25, -0.2) is 0 Å². The Kier molecular flexibility index (Phi) is 11.2. The quantitative estimate of drug-likeness (QED) is 0.220. The summed E-state index contributed by atoms with van der Waals surface area (Å²) in [5.41, 5.74) is 7.43. The minimum absolute atomic E-state index is 0. The molecule has 2 aliphatic heterocycles. The molecule has 0 bridgehead atoms. The highest BCUT2D eigenvalue weighted by atomic mass is 127. The van der Waals surface area contributed by atoms with Gasteiger partial charge in [0.05, 0.1) is 26.4 Å². The molecule has 1 aromatic carbocycles. The monoisotopic (exact) mass is 532 g/mol. The van der Waals surface area contributed by atoms with Crippen LogP contribution in [0.4, 0.5) is 0 Å². The van der Waals surface area contributed by atoms with Crippen molar-refractivity contribution < 1.29 is 14.2 Å². The number of hydrogen-bond donors (Lipinski definition) is 2. The molecule has 0 unspecified atom stereocenters. The number of hydrogen-bond acceptors (Lipinski definition) is 5. The second-order valence-corrected chi connectivity index (χ2v) is 7.79. The Hall–Kier alpha value is -1.10. The smallest absolute Gasteiger partial charge is 0.188 e. The van der Waals surface area contributed by atoms with Crippen molar-refractivity contribution in [3.8, 4) is 5.75 Å². The number of morpholine rings is 1. The van der Waals surface area contributed by atoms with E-state index in [1.54, 1.807) is 0 Å². The fourth-order valence-electron chi connectivity index (χ4n) is 4.01. The second-order valence-electron chi connectivity index (χ2n) is 7.79. The van der Waals surface area contributed by atoms with Crippen LogP contribution < -0.4 is 15.8 Å². The van der Waals surface area contributed by atoms with E-state index < -0.39 is 0 Å². The zero-order valence-electron chi connectivity index (χ0n) is 18.1. The summed E-state index contributed by atoms with van der Waals surface area (Å²) in [5.74, 6) is 1.44. The van der Waals surface area contributed by atoms with Crippen molar-refractivity contribution >= 4 is 29.9 Å². The van der Waals surface area contributed by atoms with Gasteiger partial charge in [-0.2, -0.15) is 0 Å². The first-order valence-electron chi connectivity index (χ1n) is 10.9. The summed E-state index contributed by atoms with van der Waals surface area (Å²) in [6.45, 7) is 10.5. The van der Waals surface area contributed by atoms with Crippen molar-refractivity contribution in [1.29, 1.82) is 0 Å². The number of nitrogens with zero attached hydrogens (tertiary/aromatic N) is 2. The fourth-order valence-corrected chi connectivity index (χ4v) is 4.01. The number of nitrogens with two attached hydrogens (primary N) is 1. The highest BCUT2D eigenvalue weighted by Crippen LogP contribution is 2.36. The van der Waals surface area contributed by atoms with Crippen LogP contribution in [0.25, 0.3) is 0 Å². The average molecular weight is 532 g/mol. The molecule has 3 N–H and O–H groups in total. The molecular formula is C22H37IN4O3. The lowest BCUT2D eigenvalue weighted by molar-refractivity contribution is 0.0376. The predicted molar refractivity (Wildman–Crippen MR) is 131 cm³/mol. The largest absolute Gasteiger partial charge is 0.494 e. The molecule has 7 nitrogen and oxygen atoms in total. The standard InChI is InChI=1S/C22H36N4O3.HI/c1-2-29-20-6-4-19(5-7-20)22(8-14-27-15-9-22)18-25-21(23)24-10-3-11-26-12-16-28-17-13-26;/h4-7H,2-3,8-18H2,1H3,(H3,23,24,25);1H. The van der Waals surface area contributed by atoms with E-state index in [1.165, 1.54) is 5.56 Å². The minimum atomic E-state index is -0.0247. The molecule has 2 saturated heterocycles. The van der Waals surface area contributed by atoms with Gasteiger partial charge in [0.25, 0.3) is 0 Å². The molecule has 0 radical (unpaired) electrons. The van der Waals surface area contributed by atoms with Gasteiger partial charge in [-0.05, 0) is 50.4 Å². The molecule has 0 spiro atoms. The Bertz CT molecular complexity index is 630. The van der Waals surface area contributed by atoms with Crippen molar-refractivity contribution in [3.05, 3.63) is 29.8 Å². The van der Waals surface area contributed by atoms with Crippen LogP contribution in [0.3, 0.4) is 0 Å². The van der Waals surface area contributed by atoms with Gasteiger partial charge in [0, 0.05) is 38.3 Å². The summed E-state index contributed by atoms with van der Waals surface area (Å²) in [4.78, 5) is 7.13. The van der Waals surface area contributed by atoms with Gasteiger partial charge in [0.2, 0.25) is 0 Å². The van der Waals surface area contributed by atoms with Crippen molar-refractivity contribution in [1.82, 2.24) is 10.2 Å². The van der Waals surface area contributed by atoms with E-state index >= 15 is 0 Å². The Morgan fingerprint density at radius 2 is 1.80 bits per heavy atom. The second kappa shape index (κ2) is 13.3. The van der Waals surface area contributed by atoms with Crippen LogP contribution in [-0.2, 0) is 14.9 Å². The first kappa shape index (κ1) is 25.2. The molecule has 0 atom stereocenters. The van der Waals surface area contributed by atoms with Crippen LogP contribution in [0.1, 0.15) is 31.7 Å². The molecule has 0 aliphatic carbocycles. The Labute approximate surface area is 197 Å². The summed E-state index contributed by atoms with van der Waals surface area (Å²) in [6, 6.07) is 8.43. The van der Waals surface area contributed by atoms with E-state index in [1.807, 2.05) is 19.1 Å². The van der Waals surface area contributed by atoms with Crippen molar-refractivity contribution in [2.45, 2.75) is 31.6 Å². The lowest BCUT2D eigenvalue weighted by Gasteiger charge is -2.36. The molecule has 8 heteroatoms. The maximum absolute atomic E-state index is 6.16. The number of rotatable bonds is 9. The number of aliphatic imine (C=N–C) groups is 1. The van der Waals surface area contributed by atoms with E-state index in [0.717, 1.165) is 77.6 Å². The Morgan fingerprint density at radius 1 is 1.13 bits per heavy atom. The van der Waals surface area contributed by atoms with E-state index in [-0.39, 0.29) is 29.4 Å². The third-order valence-electron chi connectivity index (χ3n) is 5.84. The Morgan fingerprint density at radius 3 is 2.47 bits per heavy atom. The topological polar surface area (TPSA) is 81.3 Å². The number of benzene rings is 1. The van der Waals surface area contributed by atoms with Gasteiger partial charge >= 0.3 is 0 Å². The van der Waals surface area contributed by atoms with Gasteiger partial charge in [0.15, 0.2) is 5.96 Å². The average Bonchev–Trinajstić information content (AvgIpc) is 2.77. The van der Waals surface area contributed by atoms with Gasteiger partial charge in [-0.15, -0.1) is 24.0 Å². The maximum Gasteiger partial charge on any atom is 0.188 e. The van der Waals surface area contributed by atoms with Crippen LogP contribution in [0.15, 0.2) is 29.3 Å². The summed E-state index contributed by atoms with van der Waals surface area (Å²) < 4.78 is 16.6. The van der Waals surface area contributed by atoms with Gasteiger partial charge in [-0.3, -0.25) is 9.89 Å². The molecule has 0 amide bonds. The lowest BCUT2D eigenvalue weighted by atomic mass is 9.74. The number of ether oxygens (including phenoxy) is 3. The molecule has 0 saturated carbocycles. The third-order valence-corrected chi connectivity index (χ3v) is 5.84. The van der Waals surface area contributed by atoms with Crippen LogP contribution in [-0.4, -0.2) is 76.6 Å². The van der Waals surface area contributed by atoms with Gasteiger partial charge in [-0.1, -0.05) is 12.1 Å². The molecule has 2 aliphatic rings. The molecule has 2 heterocycles. The van der Waals surface area contributed by atoms with E-state index in [9.17, 15) is 0 Å². The first-order valence-corrected chi connectivity index (χ1v) is 10.9. The maximum atomic E-state index is 6.16. The lowest BCUT2D eigenvalue weighted by Crippen LogP contribution is -2.40. The van der Waals surface area contributed by atoms with Crippen LogP contribution >= 0.6 is 24.0 Å². The summed E-state index contributed by atoms with van der Waals surface area (Å²) in [6.07, 6.45) is 2.96. The summed E-state index contributed by atoms with van der Waals surface area (Å²) in [5, 5.41) is 3.27.